The first-order valence-electron chi connectivity index (χ1n) is 6.06. The van der Waals surface area contributed by atoms with E-state index in [1.165, 1.54) is 25.4 Å². The van der Waals surface area contributed by atoms with Crippen molar-refractivity contribution >= 4 is 27.8 Å². The van der Waals surface area contributed by atoms with Crippen molar-refractivity contribution < 1.29 is 19.4 Å². The molecule has 106 valence electrons. The van der Waals surface area contributed by atoms with Crippen LogP contribution >= 0.6 is 15.9 Å². The molecule has 2 heterocycles. The Morgan fingerprint density at radius 3 is 2.95 bits per heavy atom. The number of halogens is 1. The predicted molar refractivity (Wildman–Crippen MR) is 79.5 cm³/mol. The smallest absolute Gasteiger partial charge is 0.232 e. The van der Waals surface area contributed by atoms with E-state index in [1.807, 2.05) is 0 Å². The fraction of sp³-hybridized carbons (Fsp3) is 0.0667. The average Bonchev–Trinajstić information content (AvgIpc) is 2.80. The number of ketones is 1. The monoisotopic (exact) mass is 347 g/mol. The van der Waals surface area contributed by atoms with E-state index in [9.17, 15) is 9.90 Å². The number of para-hydroxylation sites is 1. The first-order valence-corrected chi connectivity index (χ1v) is 6.85. The lowest BCUT2D eigenvalue weighted by Crippen LogP contribution is -1.99. The second kappa shape index (κ2) is 5.21. The minimum absolute atomic E-state index is 0.0654. The number of carbonyl (C=O) groups excluding carboxylic acids is 1. The summed E-state index contributed by atoms with van der Waals surface area (Å²) in [5.74, 6) is 0.683. The quantitative estimate of drug-likeness (QED) is 0.845. The summed E-state index contributed by atoms with van der Waals surface area (Å²) in [5.41, 5.74) is 0.957. The van der Waals surface area contributed by atoms with Gasteiger partial charge < -0.3 is 14.6 Å². The van der Waals surface area contributed by atoms with Crippen molar-refractivity contribution in [2.24, 2.45) is 0 Å². The summed E-state index contributed by atoms with van der Waals surface area (Å²) >= 11 is 3.35. The summed E-state index contributed by atoms with van der Waals surface area (Å²) < 4.78 is 11.3. The van der Waals surface area contributed by atoms with Crippen LogP contribution in [0.5, 0.6) is 17.2 Å². The van der Waals surface area contributed by atoms with Crippen LogP contribution in [-0.4, -0.2) is 23.0 Å². The third-order valence-corrected chi connectivity index (χ3v) is 3.64. The number of hydrogen-bond donors (Lipinski definition) is 1. The molecular weight excluding hydrogens is 338 g/mol. The molecule has 0 saturated carbocycles. The standard InChI is InChI=1S/C15H10BrNO4/c1-20-12-5-8(17-7-11(12)18)6-13-14(19)9-3-2-4-10(16)15(9)21-13/h2-7,18H,1H3/b13-6-. The number of ether oxygens (including phenoxy) is 2. The summed E-state index contributed by atoms with van der Waals surface area (Å²) in [6.07, 6.45) is 2.77. The van der Waals surface area contributed by atoms with Crippen molar-refractivity contribution in [3.63, 3.8) is 0 Å². The van der Waals surface area contributed by atoms with Crippen molar-refractivity contribution in [2.75, 3.05) is 7.11 Å². The van der Waals surface area contributed by atoms with E-state index in [2.05, 4.69) is 20.9 Å². The minimum atomic E-state index is -0.208. The molecule has 1 aliphatic rings. The molecule has 1 aliphatic heterocycles. The molecule has 5 nitrogen and oxygen atoms in total. The Hall–Kier alpha value is -2.34. The molecule has 3 rings (SSSR count). The van der Waals surface area contributed by atoms with Gasteiger partial charge in [0.1, 0.15) is 0 Å². The van der Waals surface area contributed by atoms with Gasteiger partial charge in [-0.25, -0.2) is 0 Å². The van der Waals surface area contributed by atoms with E-state index in [4.69, 9.17) is 9.47 Å². The van der Waals surface area contributed by atoms with Gasteiger partial charge in [0.25, 0.3) is 0 Å². The lowest BCUT2D eigenvalue weighted by atomic mass is 10.1. The molecule has 21 heavy (non-hydrogen) atoms. The third kappa shape index (κ3) is 2.38. The summed E-state index contributed by atoms with van der Waals surface area (Å²) in [5, 5.41) is 9.51. The van der Waals surface area contributed by atoms with Crippen molar-refractivity contribution in [2.45, 2.75) is 0 Å². The summed E-state index contributed by atoms with van der Waals surface area (Å²) in [6, 6.07) is 6.80. The van der Waals surface area contributed by atoms with Gasteiger partial charge in [0.2, 0.25) is 5.78 Å². The number of methoxy groups -OCH3 is 1. The van der Waals surface area contributed by atoms with E-state index in [0.29, 0.717) is 21.5 Å². The Balaban J connectivity index is 2.00. The molecule has 0 fully saturated rings. The van der Waals surface area contributed by atoms with E-state index in [0.717, 1.165) is 0 Å². The van der Waals surface area contributed by atoms with E-state index in [-0.39, 0.29) is 23.0 Å². The number of benzene rings is 1. The Morgan fingerprint density at radius 1 is 1.43 bits per heavy atom. The highest BCUT2D eigenvalue weighted by Gasteiger charge is 2.29. The summed E-state index contributed by atoms with van der Waals surface area (Å²) in [6.45, 7) is 0. The first kappa shape index (κ1) is 13.6. The number of pyridine rings is 1. The van der Waals surface area contributed by atoms with E-state index in [1.54, 1.807) is 18.2 Å². The van der Waals surface area contributed by atoms with Crippen LogP contribution in [0.4, 0.5) is 0 Å². The molecule has 0 bridgehead atoms. The predicted octanol–water partition coefficient (Wildman–Crippen LogP) is 3.17. The second-order valence-electron chi connectivity index (χ2n) is 4.34. The maximum atomic E-state index is 12.3. The molecule has 2 aromatic rings. The molecule has 1 aromatic heterocycles. The highest BCUT2D eigenvalue weighted by atomic mass is 79.9. The molecule has 0 radical (unpaired) electrons. The zero-order valence-electron chi connectivity index (χ0n) is 11.0. The van der Waals surface area contributed by atoms with Gasteiger partial charge in [0.05, 0.1) is 29.0 Å². The molecule has 6 heteroatoms. The number of aromatic nitrogens is 1. The molecule has 0 unspecified atom stereocenters. The van der Waals surface area contributed by atoms with Crippen LogP contribution in [-0.2, 0) is 0 Å². The van der Waals surface area contributed by atoms with Crippen LogP contribution in [0.3, 0.4) is 0 Å². The van der Waals surface area contributed by atoms with Gasteiger partial charge in [-0.15, -0.1) is 0 Å². The lowest BCUT2D eigenvalue weighted by molar-refractivity contribution is 0.101. The average molecular weight is 348 g/mol. The van der Waals surface area contributed by atoms with E-state index >= 15 is 0 Å². The second-order valence-corrected chi connectivity index (χ2v) is 5.19. The van der Waals surface area contributed by atoms with E-state index < -0.39 is 0 Å². The van der Waals surface area contributed by atoms with Gasteiger partial charge in [0, 0.05) is 12.1 Å². The van der Waals surface area contributed by atoms with Gasteiger partial charge >= 0.3 is 0 Å². The number of allylic oxidation sites excluding steroid dienone is 1. The topological polar surface area (TPSA) is 68.7 Å². The highest BCUT2D eigenvalue weighted by molar-refractivity contribution is 9.10. The maximum Gasteiger partial charge on any atom is 0.232 e. The highest BCUT2D eigenvalue weighted by Crippen LogP contribution is 2.38. The molecule has 1 aromatic carbocycles. The van der Waals surface area contributed by atoms with Gasteiger partial charge in [-0.3, -0.25) is 9.78 Å². The Bertz CT molecular complexity index is 770. The molecule has 0 amide bonds. The molecule has 0 aliphatic carbocycles. The van der Waals surface area contributed by atoms with Gasteiger partial charge in [-0.2, -0.15) is 0 Å². The van der Waals surface area contributed by atoms with Crippen molar-refractivity contribution in [3.8, 4) is 17.2 Å². The van der Waals surface area contributed by atoms with Crippen LogP contribution in [0.2, 0.25) is 0 Å². The lowest BCUT2D eigenvalue weighted by Gasteiger charge is -2.04. The molecule has 0 atom stereocenters. The number of nitrogens with zero attached hydrogens (tertiary/aromatic N) is 1. The Morgan fingerprint density at radius 2 is 2.24 bits per heavy atom. The van der Waals surface area contributed by atoms with Gasteiger partial charge in [0.15, 0.2) is 23.0 Å². The van der Waals surface area contributed by atoms with Crippen LogP contribution in [0.15, 0.2) is 40.7 Å². The van der Waals surface area contributed by atoms with Crippen LogP contribution in [0.1, 0.15) is 16.1 Å². The van der Waals surface area contributed by atoms with Gasteiger partial charge in [-0.05, 0) is 28.1 Å². The Labute approximate surface area is 129 Å². The molecular formula is C15H10BrNO4. The summed E-state index contributed by atoms with van der Waals surface area (Å²) in [7, 11) is 1.44. The number of fused-ring (bicyclic) bond motifs is 1. The maximum absolute atomic E-state index is 12.3. The zero-order chi connectivity index (χ0) is 15.0. The molecule has 0 spiro atoms. The fourth-order valence-corrected chi connectivity index (χ4v) is 2.44. The normalized spacial score (nSPS) is 15.0. The summed E-state index contributed by atoms with van der Waals surface area (Å²) in [4.78, 5) is 16.3. The minimum Gasteiger partial charge on any atom is -0.503 e. The third-order valence-electron chi connectivity index (χ3n) is 3.01. The van der Waals surface area contributed by atoms with Crippen LogP contribution in [0, 0.1) is 0 Å². The number of hydrogen-bond acceptors (Lipinski definition) is 5. The molecule has 0 saturated heterocycles. The van der Waals surface area contributed by atoms with Crippen molar-refractivity contribution in [1.82, 2.24) is 4.98 Å². The SMILES string of the molecule is COc1cc(/C=C2\Oc3c(Br)cccc3C2=O)ncc1O. The van der Waals surface area contributed by atoms with Crippen LogP contribution < -0.4 is 9.47 Å². The van der Waals surface area contributed by atoms with Crippen LogP contribution in [0.25, 0.3) is 6.08 Å². The van der Waals surface area contributed by atoms with Crippen molar-refractivity contribution in [1.29, 1.82) is 0 Å². The van der Waals surface area contributed by atoms with Gasteiger partial charge in [-0.1, -0.05) is 6.07 Å². The number of aromatic hydroxyl groups is 1. The number of rotatable bonds is 2. The largest absolute Gasteiger partial charge is 0.503 e. The number of Topliss-reactive ketones (excluding diaryl/α,β-unsaturated/α-hetero) is 1. The molecule has 1 N–H and O–H groups in total. The fourth-order valence-electron chi connectivity index (χ4n) is 2.00. The Kier molecular flexibility index (Phi) is 3.39. The number of carbonyl (C=O) groups is 1. The first-order chi connectivity index (χ1) is 10.1. The van der Waals surface area contributed by atoms with Crippen molar-refractivity contribution in [3.05, 3.63) is 52.0 Å². The zero-order valence-corrected chi connectivity index (χ0v) is 12.5.